The minimum atomic E-state index is -0.556. The van der Waals surface area contributed by atoms with Crippen molar-refractivity contribution in [2.24, 2.45) is 0 Å². The van der Waals surface area contributed by atoms with Crippen LogP contribution in [0.3, 0.4) is 0 Å². The molecule has 5 N–H and O–H groups in total. The lowest BCUT2D eigenvalue weighted by Gasteiger charge is -2.16. The van der Waals surface area contributed by atoms with E-state index in [0.29, 0.717) is 30.2 Å². The van der Waals surface area contributed by atoms with Crippen LogP contribution in [0.25, 0.3) is 0 Å². The topological polar surface area (TPSA) is 174 Å². The Hall–Kier alpha value is -5.37. The summed E-state index contributed by atoms with van der Waals surface area (Å²) in [7, 11) is 5.32. The van der Waals surface area contributed by atoms with Gasteiger partial charge in [-0.1, -0.05) is 19.1 Å². The van der Waals surface area contributed by atoms with Crippen LogP contribution in [0.4, 0.5) is 33.6 Å². The predicted molar refractivity (Wildman–Crippen MR) is 166 cm³/mol. The van der Waals surface area contributed by atoms with Gasteiger partial charge in [0.15, 0.2) is 0 Å². The fourth-order valence-corrected chi connectivity index (χ4v) is 3.54. The largest absolute Gasteiger partial charge is 0.369 e. The molecule has 0 aliphatic carbocycles. The van der Waals surface area contributed by atoms with Gasteiger partial charge in [-0.3, -0.25) is 24.7 Å². The maximum absolute atomic E-state index is 13.2. The van der Waals surface area contributed by atoms with Crippen LogP contribution >= 0.6 is 0 Å². The maximum atomic E-state index is 13.2. The molecule has 226 valence electrons. The van der Waals surface area contributed by atoms with Gasteiger partial charge in [-0.25, -0.2) is 9.78 Å². The van der Waals surface area contributed by atoms with Crippen molar-refractivity contribution in [2.45, 2.75) is 13.3 Å². The van der Waals surface area contributed by atoms with E-state index in [0.717, 1.165) is 6.42 Å². The third kappa shape index (κ3) is 10.8. The molecule has 0 fully saturated rings. The second-order valence-corrected chi connectivity index (χ2v) is 9.64. The van der Waals surface area contributed by atoms with Crippen molar-refractivity contribution in [1.82, 2.24) is 24.8 Å². The molecule has 43 heavy (non-hydrogen) atoms. The van der Waals surface area contributed by atoms with Crippen molar-refractivity contribution in [3.63, 3.8) is 0 Å². The summed E-state index contributed by atoms with van der Waals surface area (Å²) < 4.78 is 0. The number of nitrogens with zero attached hydrogens (tertiary/aromatic N) is 5. The highest BCUT2D eigenvalue weighted by molar-refractivity contribution is 6.08. The fourth-order valence-electron chi connectivity index (χ4n) is 3.54. The van der Waals surface area contributed by atoms with Crippen LogP contribution in [-0.2, 0) is 9.59 Å². The van der Waals surface area contributed by atoms with E-state index in [1.807, 2.05) is 25.9 Å². The highest BCUT2D eigenvalue weighted by Crippen LogP contribution is 2.20. The standard InChI is InChI=1S/C29H36N10O4/c1-5-13-31-26-23(18-32-28(36-26)37-29(43)35-20-11-14-30-15-12-20)27(42)34-22-9-6-8-21(17-22)33-24(40)19-39(4)25(41)10-7-16-38(2)3/h6-12,14-15,17-18H,5,13,16,19H2,1-4H3,(H,33,40)(H,34,42)(H3,30,31,32,35,36,37,43)/b10-7+. The number of amides is 5. The van der Waals surface area contributed by atoms with Gasteiger partial charge in [-0.2, -0.15) is 4.98 Å². The van der Waals surface area contributed by atoms with Crippen molar-refractivity contribution >= 4 is 52.6 Å². The Kier molecular flexibility index (Phi) is 12.1. The van der Waals surface area contributed by atoms with Gasteiger partial charge < -0.3 is 31.1 Å². The van der Waals surface area contributed by atoms with E-state index in [2.05, 4.69) is 41.5 Å². The summed E-state index contributed by atoms with van der Waals surface area (Å²) in [5.41, 5.74) is 1.55. The average Bonchev–Trinajstić information content (AvgIpc) is 2.96. The summed E-state index contributed by atoms with van der Waals surface area (Å²) in [5, 5.41) is 13.8. The second-order valence-electron chi connectivity index (χ2n) is 9.64. The Bertz CT molecular complexity index is 1450. The molecule has 14 heteroatoms. The van der Waals surface area contributed by atoms with Gasteiger partial charge in [0.2, 0.25) is 17.8 Å². The van der Waals surface area contributed by atoms with Crippen molar-refractivity contribution < 1.29 is 19.2 Å². The number of benzene rings is 1. The number of carbonyl (C=O) groups is 4. The quantitative estimate of drug-likeness (QED) is 0.188. The summed E-state index contributed by atoms with van der Waals surface area (Å²) in [6.45, 7) is 2.96. The Morgan fingerprint density at radius 3 is 2.33 bits per heavy atom. The summed E-state index contributed by atoms with van der Waals surface area (Å²) in [6.07, 6.45) is 8.33. The molecular formula is C29H36N10O4. The molecule has 0 bridgehead atoms. The molecule has 0 unspecified atom stereocenters. The zero-order chi connectivity index (χ0) is 31.2. The molecule has 0 atom stereocenters. The molecule has 14 nitrogen and oxygen atoms in total. The molecule has 0 aliphatic rings. The number of urea groups is 1. The van der Waals surface area contributed by atoms with Crippen molar-refractivity contribution in [2.75, 3.05) is 67.4 Å². The number of rotatable bonds is 13. The number of pyridine rings is 1. The van der Waals surface area contributed by atoms with Crippen LogP contribution in [0.5, 0.6) is 0 Å². The van der Waals surface area contributed by atoms with Crippen molar-refractivity contribution in [3.8, 4) is 0 Å². The van der Waals surface area contributed by atoms with Gasteiger partial charge in [-0.15, -0.1) is 0 Å². The van der Waals surface area contributed by atoms with Crippen LogP contribution in [0.15, 0.2) is 67.1 Å². The molecule has 0 saturated heterocycles. The fraction of sp³-hybridized carbons (Fsp3) is 0.276. The molecular weight excluding hydrogens is 552 g/mol. The van der Waals surface area contributed by atoms with Gasteiger partial charge in [-0.05, 0) is 50.8 Å². The molecule has 0 spiro atoms. The van der Waals surface area contributed by atoms with E-state index < -0.39 is 17.8 Å². The van der Waals surface area contributed by atoms with Crippen LogP contribution in [0, 0.1) is 0 Å². The Morgan fingerprint density at radius 1 is 0.907 bits per heavy atom. The molecule has 2 aromatic heterocycles. The van der Waals surface area contributed by atoms with Crippen LogP contribution in [-0.4, -0.2) is 89.3 Å². The first kappa shape index (κ1) is 32.1. The smallest absolute Gasteiger partial charge is 0.326 e. The molecule has 1 aromatic carbocycles. The zero-order valence-electron chi connectivity index (χ0n) is 24.5. The number of nitrogens with one attached hydrogen (secondary N) is 5. The lowest BCUT2D eigenvalue weighted by atomic mass is 10.2. The molecule has 3 rings (SSSR count). The number of aromatic nitrogens is 3. The maximum Gasteiger partial charge on any atom is 0.326 e. The number of hydrogen-bond donors (Lipinski definition) is 5. The molecule has 0 saturated carbocycles. The minimum Gasteiger partial charge on any atom is -0.369 e. The highest BCUT2D eigenvalue weighted by atomic mass is 16.2. The molecule has 3 aromatic rings. The van der Waals surface area contributed by atoms with Gasteiger partial charge in [0.1, 0.15) is 11.4 Å². The van der Waals surface area contributed by atoms with E-state index >= 15 is 0 Å². The first-order valence-corrected chi connectivity index (χ1v) is 13.5. The minimum absolute atomic E-state index is 0.00283. The van der Waals surface area contributed by atoms with Gasteiger partial charge in [0.05, 0.1) is 6.54 Å². The van der Waals surface area contributed by atoms with E-state index in [-0.39, 0.29) is 29.8 Å². The molecule has 0 aliphatic heterocycles. The number of likely N-dealkylation sites (N-methyl/N-ethyl adjacent to an activating group) is 2. The number of anilines is 5. The van der Waals surface area contributed by atoms with E-state index in [4.69, 9.17) is 0 Å². The van der Waals surface area contributed by atoms with E-state index in [9.17, 15) is 19.2 Å². The van der Waals surface area contributed by atoms with Crippen molar-refractivity contribution in [1.29, 1.82) is 0 Å². The van der Waals surface area contributed by atoms with Gasteiger partial charge in [0.25, 0.3) is 5.91 Å². The molecule has 2 heterocycles. The number of carbonyl (C=O) groups excluding carboxylic acids is 4. The average molecular weight is 589 g/mol. The third-order valence-corrected chi connectivity index (χ3v) is 5.63. The highest BCUT2D eigenvalue weighted by Gasteiger charge is 2.17. The third-order valence-electron chi connectivity index (χ3n) is 5.63. The lowest BCUT2D eigenvalue weighted by Crippen LogP contribution is -2.34. The zero-order valence-corrected chi connectivity index (χ0v) is 24.5. The summed E-state index contributed by atoms with van der Waals surface area (Å²) in [4.78, 5) is 65.8. The van der Waals surface area contributed by atoms with Crippen LogP contribution in [0.1, 0.15) is 23.7 Å². The summed E-state index contributed by atoms with van der Waals surface area (Å²) in [5.74, 6) is -0.933. The normalized spacial score (nSPS) is 10.7. The molecule has 0 radical (unpaired) electrons. The summed E-state index contributed by atoms with van der Waals surface area (Å²) in [6, 6.07) is 9.31. The Morgan fingerprint density at radius 2 is 1.63 bits per heavy atom. The van der Waals surface area contributed by atoms with E-state index in [1.54, 1.807) is 61.9 Å². The SMILES string of the molecule is CCCNc1nc(NC(=O)Nc2ccncc2)ncc1C(=O)Nc1cccc(NC(=O)CN(C)C(=O)/C=C/CN(C)C)c1. The number of hydrogen-bond acceptors (Lipinski definition) is 9. The van der Waals surface area contributed by atoms with Gasteiger partial charge in [0, 0.05) is 61.9 Å². The molecule has 5 amide bonds. The van der Waals surface area contributed by atoms with Crippen molar-refractivity contribution in [3.05, 3.63) is 72.7 Å². The van der Waals surface area contributed by atoms with Crippen LogP contribution in [0.2, 0.25) is 0 Å². The Balaban J connectivity index is 1.63. The van der Waals surface area contributed by atoms with Gasteiger partial charge >= 0.3 is 6.03 Å². The first-order chi connectivity index (χ1) is 20.6. The first-order valence-electron chi connectivity index (χ1n) is 13.5. The summed E-state index contributed by atoms with van der Waals surface area (Å²) >= 11 is 0. The second kappa shape index (κ2) is 16.2. The Labute approximate surface area is 250 Å². The van der Waals surface area contributed by atoms with Crippen LogP contribution < -0.4 is 26.6 Å². The predicted octanol–water partition coefficient (Wildman–Crippen LogP) is 3.10. The lowest BCUT2D eigenvalue weighted by molar-refractivity contribution is -0.129. The monoisotopic (exact) mass is 588 g/mol. The van der Waals surface area contributed by atoms with E-state index in [1.165, 1.54) is 17.2 Å².